The number of para-hydroxylation sites is 1. The molecule has 2 heteroatoms. The number of piperazine rings is 1. The van der Waals surface area contributed by atoms with Gasteiger partial charge in [0, 0.05) is 38.4 Å². The molecule has 1 fully saturated rings. The summed E-state index contributed by atoms with van der Waals surface area (Å²) in [6.07, 6.45) is 5.80. The van der Waals surface area contributed by atoms with Crippen LogP contribution < -0.4 is 4.90 Å². The fraction of sp³-hybridized carbons (Fsp3) is 0.333. The minimum atomic E-state index is 0.969. The van der Waals surface area contributed by atoms with E-state index in [0.29, 0.717) is 0 Å². The molecule has 1 aliphatic heterocycles. The van der Waals surface area contributed by atoms with E-state index in [2.05, 4.69) is 54.1 Å². The molecule has 1 heterocycles. The Kier molecular flexibility index (Phi) is 5.19. The standard InChI is InChI=1S/C18H24N2/c1-4-8-17(5-2)15-19-11-13-20(14-12-19)18-10-7-6-9-16(18)3/h4-10H,1-2,11-15H2,3H3/b17-8+. The molecule has 0 amide bonds. The summed E-state index contributed by atoms with van der Waals surface area (Å²) in [7, 11) is 0. The van der Waals surface area contributed by atoms with E-state index in [1.54, 1.807) is 0 Å². The molecular formula is C18H24N2. The van der Waals surface area contributed by atoms with Crippen molar-refractivity contribution in [2.24, 2.45) is 0 Å². The lowest BCUT2D eigenvalue weighted by atomic mass is 10.1. The quantitative estimate of drug-likeness (QED) is 0.755. The van der Waals surface area contributed by atoms with E-state index in [1.807, 2.05) is 18.2 Å². The van der Waals surface area contributed by atoms with E-state index in [0.717, 1.165) is 32.7 Å². The van der Waals surface area contributed by atoms with Gasteiger partial charge in [-0.3, -0.25) is 4.90 Å². The molecule has 106 valence electrons. The van der Waals surface area contributed by atoms with Crippen LogP contribution in [0.3, 0.4) is 0 Å². The first-order valence-electron chi connectivity index (χ1n) is 7.21. The van der Waals surface area contributed by atoms with Gasteiger partial charge in [-0.15, -0.1) is 0 Å². The van der Waals surface area contributed by atoms with Crippen LogP contribution in [0.15, 0.2) is 61.2 Å². The predicted molar refractivity (Wildman–Crippen MR) is 88.3 cm³/mol. The van der Waals surface area contributed by atoms with Crippen LogP contribution >= 0.6 is 0 Å². The average Bonchev–Trinajstić information content (AvgIpc) is 2.48. The second-order valence-corrected chi connectivity index (χ2v) is 5.23. The van der Waals surface area contributed by atoms with Crippen molar-refractivity contribution < 1.29 is 0 Å². The SMILES string of the molecule is C=C/C=C(\C=C)CN1CCN(c2ccccc2C)CC1. The van der Waals surface area contributed by atoms with Gasteiger partial charge in [0.1, 0.15) is 0 Å². The monoisotopic (exact) mass is 268 g/mol. The summed E-state index contributed by atoms with van der Waals surface area (Å²) in [6, 6.07) is 8.63. The number of hydrogen-bond donors (Lipinski definition) is 0. The first-order valence-corrected chi connectivity index (χ1v) is 7.21. The Bertz CT molecular complexity index is 494. The van der Waals surface area contributed by atoms with Crippen LogP contribution in [-0.4, -0.2) is 37.6 Å². The molecule has 2 nitrogen and oxygen atoms in total. The van der Waals surface area contributed by atoms with Crippen molar-refractivity contribution in [2.75, 3.05) is 37.6 Å². The van der Waals surface area contributed by atoms with E-state index in [9.17, 15) is 0 Å². The van der Waals surface area contributed by atoms with E-state index >= 15 is 0 Å². The molecule has 0 atom stereocenters. The Morgan fingerprint density at radius 3 is 2.45 bits per heavy atom. The van der Waals surface area contributed by atoms with Crippen LogP contribution in [0.2, 0.25) is 0 Å². The summed E-state index contributed by atoms with van der Waals surface area (Å²) < 4.78 is 0. The lowest BCUT2D eigenvalue weighted by Gasteiger charge is -2.37. The van der Waals surface area contributed by atoms with Gasteiger partial charge in [-0.2, -0.15) is 0 Å². The largest absolute Gasteiger partial charge is 0.369 e. The molecule has 20 heavy (non-hydrogen) atoms. The first-order chi connectivity index (χ1) is 9.74. The van der Waals surface area contributed by atoms with Crippen LogP contribution in [0.4, 0.5) is 5.69 Å². The Hall–Kier alpha value is -1.80. The number of hydrogen-bond acceptors (Lipinski definition) is 2. The molecule has 1 aromatic carbocycles. The van der Waals surface area contributed by atoms with Crippen molar-refractivity contribution in [2.45, 2.75) is 6.92 Å². The van der Waals surface area contributed by atoms with Gasteiger partial charge in [-0.1, -0.05) is 49.6 Å². The van der Waals surface area contributed by atoms with Gasteiger partial charge in [0.05, 0.1) is 0 Å². The zero-order chi connectivity index (χ0) is 14.4. The number of aryl methyl sites for hydroxylation is 1. The highest BCUT2D eigenvalue weighted by atomic mass is 15.3. The summed E-state index contributed by atoms with van der Waals surface area (Å²) in [5.41, 5.74) is 3.97. The van der Waals surface area contributed by atoms with Crippen LogP contribution in [0, 0.1) is 6.92 Å². The number of allylic oxidation sites excluding steroid dienone is 2. The third-order valence-electron chi connectivity index (χ3n) is 3.83. The van der Waals surface area contributed by atoms with Gasteiger partial charge in [-0.05, 0) is 24.1 Å². The smallest absolute Gasteiger partial charge is 0.0396 e. The highest BCUT2D eigenvalue weighted by molar-refractivity contribution is 5.53. The molecule has 0 bridgehead atoms. The number of anilines is 1. The molecule has 0 saturated carbocycles. The van der Waals surface area contributed by atoms with Crippen molar-refractivity contribution in [3.63, 3.8) is 0 Å². The summed E-state index contributed by atoms with van der Waals surface area (Å²) in [5.74, 6) is 0. The fourth-order valence-electron chi connectivity index (χ4n) is 2.66. The summed E-state index contributed by atoms with van der Waals surface area (Å²) in [6.45, 7) is 15.1. The summed E-state index contributed by atoms with van der Waals surface area (Å²) in [5, 5.41) is 0. The van der Waals surface area contributed by atoms with Gasteiger partial charge in [0.15, 0.2) is 0 Å². The number of benzene rings is 1. The van der Waals surface area contributed by atoms with Crippen LogP contribution in [0.5, 0.6) is 0 Å². The van der Waals surface area contributed by atoms with Crippen LogP contribution in [0.25, 0.3) is 0 Å². The predicted octanol–water partition coefficient (Wildman–Crippen LogP) is 3.42. The van der Waals surface area contributed by atoms with Crippen molar-refractivity contribution in [3.05, 3.63) is 66.8 Å². The third-order valence-corrected chi connectivity index (χ3v) is 3.83. The van der Waals surface area contributed by atoms with E-state index in [4.69, 9.17) is 0 Å². The summed E-state index contributed by atoms with van der Waals surface area (Å²) in [4.78, 5) is 4.96. The highest BCUT2D eigenvalue weighted by Crippen LogP contribution is 2.21. The van der Waals surface area contributed by atoms with Gasteiger partial charge < -0.3 is 4.90 Å². The molecule has 0 unspecified atom stereocenters. The maximum atomic E-state index is 3.87. The molecule has 1 aliphatic rings. The molecular weight excluding hydrogens is 244 g/mol. The Balaban J connectivity index is 1.93. The maximum Gasteiger partial charge on any atom is 0.0396 e. The topological polar surface area (TPSA) is 6.48 Å². The Morgan fingerprint density at radius 1 is 1.15 bits per heavy atom. The van der Waals surface area contributed by atoms with Gasteiger partial charge >= 0.3 is 0 Å². The normalized spacial score (nSPS) is 17.1. The van der Waals surface area contributed by atoms with E-state index in [-0.39, 0.29) is 0 Å². The molecule has 0 aromatic heterocycles. The van der Waals surface area contributed by atoms with Crippen molar-refractivity contribution >= 4 is 5.69 Å². The van der Waals surface area contributed by atoms with Gasteiger partial charge in [0.25, 0.3) is 0 Å². The molecule has 1 aromatic rings. The minimum Gasteiger partial charge on any atom is -0.369 e. The zero-order valence-corrected chi connectivity index (χ0v) is 12.4. The molecule has 0 spiro atoms. The molecule has 0 radical (unpaired) electrons. The second kappa shape index (κ2) is 7.11. The van der Waals surface area contributed by atoms with Crippen molar-refractivity contribution in [3.8, 4) is 0 Å². The fourth-order valence-corrected chi connectivity index (χ4v) is 2.66. The lowest BCUT2D eigenvalue weighted by molar-refractivity contribution is 0.280. The lowest BCUT2D eigenvalue weighted by Crippen LogP contribution is -2.47. The number of rotatable bonds is 5. The Labute approximate surface area is 122 Å². The van der Waals surface area contributed by atoms with Gasteiger partial charge in [-0.25, -0.2) is 0 Å². The first kappa shape index (κ1) is 14.6. The van der Waals surface area contributed by atoms with Gasteiger partial charge in [0.2, 0.25) is 0 Å². The maximum absolute atomic E-state index is 3.87. The van der Waals surface area contributed by atoms with Crippen LogP contribution in [0.1, 0.15) is 5.56 Å². The molecule has 2 rings (SSSR count). The molecule has 0 N–H and O–H groups in total. The number of nitrogens with zero attached hydrogens (tertiary/aromatic N) is 2. The van der Waals surface area contributed by atoms with E-state index < -0.39 is 0 Å². The molecule has 1 saturated heterocycles. The second-order valence-electron chi connectivity index (χ2n) is 5.23. The summed E-state index contributed by atoms with van der Waals surface area (Å²) >= 11 is 0. The minimum absolute atomic E-state index is 0.969. The molecule has 0 aliphatic carbocycles. The Morgan fingerprint density at radius 2 is 1.85 bits per heavy atom. The third kappa shape index (κ3) is 3.61. The highest BCUT2D eigenvalue weighted by Gasteiger charge is 2.18. The van der Waals surface area contributed by atoms with Crippen LogP contribution in [-0.2, 0) is 0 Å². The van der Waals surface area contributed by atoms with Crippen molar-refractivity contribution in [1.82, 2.24) is 4.90 Å². The van der Waals surface area contributed by atoms with E-state index in [1.165, 1.54) is 16.8 Å². The average molecular weight is 268 g/mol. The zero-order valence-electron chi connectivity index (χ0n) is 12.4. The van der Waals surface area contributed by atoms with Crippen molar-refractivity contribution in [1.29, 1.82) is 0 Å².